The highest BCUT2D eigenvalue weighted by molar-refractivity contribution is 5.76. The predicted octanol–water partition coefficient (Wildman–Crippen LogP) is 2.02. The van der Waals surface area contributed by atoms with Crippen LogP contribution in [0.1, 0.15) is 57.8 Å². The Morgan fingerprint density at radius 2 is 1.86 bits per heavy atom. The molecule has 4 heteroatoms. The molecule has 2 atom stereocenters. The van der Waals surface area contributed by atoms with Crippen molar-refractivity contribution in [1.82, 2.24) is 9.80 Å². The molecule has 0 radical (unpaired) electrons. The van der Waals surface area contributed by atoms with Gasteiger partial charge in [0.05, 0.1) is 5.60 Å². The van der Waals surface area contributed by atoms with Gasteiger partial charge < -0.3 is 14.9 Å². The van der Waals surface area contributed by atoms with Gasteiger partial charge in [0.2, 0.25) is 5.91 Å². The van der Waals surface area contributed by atoms with Crippen molar-refractivity contribution in [2.24, 2.45) is 5.92 Å². The Morgan fingerprint density at radius 3 is 2.67 bits per heavy atom. The van der Waals surface area contributed by atoms with Crippen LogP contribution in [0.3, 0.4) is 0 Å². The summed E-state index contributed by atoms with van der Waals surface area (Å²) in [7, 11) is 0. The van der Waals surface area contributed by atoms with Crippen molar-refractivity contribution < 1.29 is 9.90 Å². The van der Waals surface area contributed by atoms with Gasteiger partial charge in [-0.3, -0.25) is 4.79 Å². The van der Waals surface area contributed by atoms with E-state index >= 15 is 0 Å². The number of hydrogen-bond acceptors (Lipinski definition) is 3. The summed E-state index contributed by atoms with van der Waals surface area (Å²) in [5, 5.41) is 10.7. The van der Waals surface area contributed by atoms with Crippen molar-refractivity contribution in [1.29, 1.82) is 0 Å². The number of nitrogens with zero attached hydrogens (tertiary/aromatic N) is 2. The lowest BCUT2D eigenvalue weighted by Crippen LogP contribution is -2.53. The normalized spacial score (nSPS) is 34.5. The zero-order valence-electron chi connectivity index (χ0n) is 13.2. The number of aliphatic hydroxyl groups is 1. The molecule has 2 unspecified atom stereocenters. The highest BCUT2D eigenvalue weighted by Gasteiger charge is 2.42. The largest absolute Gasteiger partial charge is 0.390 e. The van der Waals surface area contributed by atoms with E-state index in [1.807, 2.05) is 4.90 Å². The zero-order chi connectivity index (χ0) is 14.7. The summed E-state index contributed by atoms with van der Waals surface area (Å²) >= 11 is 0. The molecule has 1 saturated carbocycles. The topological polar surface area (TPSA) is 43.8 Å². The maximum Gasteiger partial charge on any atom is 0.223 e. The van der Waals surface area contributed by atoms with E-state index in [4.69, 9.17) is 0 Å². The quantitative estimate of drug-likeness (QED) is 0.866. The molecule has 4 nitrogen and oxygen atoms in total. The number of piperidine rings is 2. The van der Waals surface area contributed by atoms with Crippen molar-refractivity contribution in [2.75, 3.05) is 32.7 Å². The van der Waals surface area contributed by atoms with Gasteiger partial charge in [-0.25, -0.2) is 0 Å². The van der Waals surface area contributed by atoms with E-state index in [0.717, 1.165) is 52.0 Å². The summed E-state index contributed by atoms with van der Waals surface area (Å²) in [5.41, 5.74) is -0.397. The number of likely N-dealkylation sites (tertiary alicyclic amines) is 2. The van der Waals surface area contributed by atoms with E-state index in [9.17, 15) is 9.90 Å². The molecular formula is C17H30N2O2. The lowest BCUT2D eigenvalue weighted by molar-refractivity contribution is -0.133. The Hall–Kier alpha value is -0.610. The second kappa shape index (κ2) is 6.66. The molecule has 2 aliphatic heterocycles. The lowest BCUT2D eigenvalue weighted by atomic mass is 9.71. The van der Waals surface area contributed by atoms with Crippen molar-refractivity contribution >= 4 is 5.91 Å². The third-order valence-electron chi connectivity index (χ3n) is 5.86. The van der Waals surface area contributed by atoms with Crippen LogP contribution in [-0.4, -0.2) is 59.1 Å². The molecule has 3 fully saturated rings. The molecule has 21 heavy (non-hydrogen) atoms. The summed E-state index contributed by atoms with van der Waals surface area (Å²) in [6.45, 7) is 4.74. The molecule has 2 heterocycles. The molecular weight excluding hydrogens is 264 g/mol. The maximum atomic E-state index is 12.2. The van der Waals surface area contributed by atoms with Gasteiger partial charge in [-0.05, 0) is 38.5 Å². The zero-order valence-corrected chi connectivity index (χ0v) is 13.2. The van der Waals surface area contributed by atoms with Gasteiger partial charge in [-0.2, -0.15) is 0 Å². The molecule has 0 aromatic rings. The van der Waals surface area contributed by atoms with Gasteiger partial charge in [0.25, 0.3) is 0 Å². The second-order valence-electron chi connectivity index (χ2n) is 7.29. The molecule has 1 aliphatic carbocycles. The first-order valence-corrected chi connectivity index (χ1v) is 8.90. The van der Waals surface area contributed by atoms with E-state index in [2.05, 4.69) is 4.90 Å². The summed E-state index contributed by atoms with van der Waals surface area (Å²) in [6.07, 6.45) is 9.76. The standard InChI is InChI=1S/C17H30N2O2/c20-16(19-10-4-1-5-11-19)7-12-18-13-9-17(21)8-3-2-6-15(17)14-18/h15,21H,1-14H2. The van der Waals surface area contributed by atoms with Crippen molar-refractivity contribution in [3.05, 3.63) is 0 Å². The molecule has 120 valence electrons. The first-order valence-electron chi connectivity index (χ1n) is 8.90. The first kappa shape index (κ1) is 15.3. The van der Waals surface area contributed by atoms with Crippen LogP contribution < -0.4 is 0 Å². The van der Waals surface area contributed by atoms with Crippen molar-refractivity contribution in [2.45, 2.75) is 63.4 Å². The first-order chi connectivity index (χ1) is 10.2. The smallest absolute Gasteiger partial charge is 0.223 e. The highest BCUT2D eigenvalue weighted by atomic mass is 16.3. The van der Waals surface area contributed by atoms with Gasteiger partial charge in [-0.15, -0.1) is 0 Å². The van der Waals surface area contributed by atoms with Crippen LogP contribution in [0.4, 0.5) is 0 Å². The third-order valence-corrected chi connectivity index (χ3v) is 5.86. The van der Waals surface area contributed by atoms with E-state index in [1.54, 1.807) is 0 Å². The van der Waals surface area contributed by atoms with Crippen LogP contribution >= 0.6 is 0 Å². The molecule has 3 rings (SSSR count). The van der Waals surface area contributed by atoms with Crippen molar-refractivity contribution in [3.63, 3.8) is 0 Å². The number of hydrogen-bond donors (Lipinski definition) is 1. The lowest BCUT2D eigenvalue weighted by Gasteiger charge is -2.47. The van der Waals surface area contributed by atoms with Crippen molar-refractivity contribution in [3.8, 4) is 0 Å². The SMILES string of the molecule is O=C(CCN1CCC2(O)CCCCC2C1)N1CCCCC1. The summed E-state index contributed by atoms with van der Waals surface area (Å²) in [6, 6.07) is 0. The molecule has 0 spiro atoms. The minimum Gasteiger partial charge on any atom is -0.390 e. The second-order valence-corrected chi connectivity index (χ2v) is 7.29. The van der Waals surface area contributed by atoms with Crippen LogP contribution in [0.5, 0.6) is 0 Å². The highest BCUT2D eigenvalue weighted by Crippen LogP contribution is 2.39. The van der Waals surface area contributed by atoms with Crippen LogP contribution in [0.2, 0.25) is 0 Å². The number of carbonyl (C=O) groups excluding carboxylic acids is 1. The number of rotatable bonds is 3. The summed E-state index contributed by atoms with van der Waals surface area (Å²) in [5.74, 6) is 0.768. The van der Waals surface area contributed by atoms with Crippen LogP contribution in [0.15, 0.2) is 0 Å². The van der Waals surface area contributed by atoms with E-state index in [0.29, 0.717) is 18.2 Å². The average molecular weight is 294 g/mol. The van der Waals surface area contributed by atoms with Gasteiger partial charge in [0.15, 0.2) is 0 Å². The molecule has 2 saturated heterocycles. The Kier molecular flexibility index (Phi) is 4.85. The number of carbonyl (C=O) groups is 1. The average Bonchev–Trinajstić information content (AvgIpc) is 2.53. The van der Waals surface area contributed by atoms with Gasteiger partial charge in [0, 0.05) is 45.1 Å². The van der Waals surface area contributed by atoms with E-state index in [-0.39, 0.29) is 0 Å². The van der Waals surface area contributed by atoms with E-state index in [1.165, 1.54) is 32.1 Å². The number of fused-ring (bicyclic) bond motifs is 1. The Balaban J connectivity index is 1.44. The molecule has 1 N–H and O–H groups in total. The molecule has 3 aliphatic rings. The Bertz CT molecular complexity index is 368. The molecule has 1 amide bonds. The van der Waals surface area contributed by atoms with Crippen LogP contribution in [0, 0.1) is 5.92 Å². The van der Waals surface area contributed by atoms with E-state index < -0.39 is 5.60 Å². The fourth-order valence-corrected chi connectivity index (χ4v) is 4.40. The van der Waals surface area contributed by atoms with Crippen LogP contribution in [0.25, 0.3) is 0 Å². The summed E-state index contributed by atoms with van der Waals surface area (Å²) < 4.78 is 0. The fraction of sp³-hybridized carbons (Fsp3) is 0.941. The Morgan fingerprint density at radius 1 is 1.05 bits per heavy atom. The Labute approximate surface area is 128 Å². The maximum absolute atomic E-state index is 12.2. The van der Waals surface area contributed by atoms with Gasteiger partial charge >= 0.3 is 0 Å². The number of amides is 1. The molecule has 0 aromatic carbocycles. The minimum absolute atomic E-state index is 0.333. The minimum atomic E-state index is -0.397. The molecule has 0 bridgehead atoms. The predicted molar refractivity (Wildman–Crippen MR) is 83.0 cm³/mol. The van der Waals surface area contributed by atoms with Gasteiger partial charge in [-0.1, -0.05) is 12.8 Å². The summed E-state index contributed by atoms with van der Waals surface area (Å²) in [4.78, 5) is 16.7. The fourth-order valence-electron chi connectivity index (χ4n) is 4.40. The monoisotopic (exact) mass is 294 g/mol. The van der Waals surface area contributed by atoms with Gasteiger partial charge in [0.1, 0.15) is 0 Å². The molecule has 0 aromatic heterocycles. The third kappa shape index (κ3) is 3.59. The van der Waals surface area contributed by atoms with Crippen LogP contribution in [-0.2, 0) is 4.79 Å².